The molecule has 0 radical (unpaired) electrons. The number of aryl methyl sites for hydroxylation is 3. The van der Waals surface area contributed by atoms with E-state index in [1.165, 1.54) is 16.7 Å². The predicted molar refractivity (Wildman–Crippen MR) is 181 cm³/mol. The van der Waals surface area contributed by atoms with E-state index in [4.69, 9.17) is 0 Å². The fraction of sp³-hybridized carbons (Fsp3) is 0.462. The van der Waals surface area contributed by atoms with Crippen molar-refractivity contribution in [2.24, 2.45) is 17.8 Å². The minimum Gasteiger partial charge on any atom is -0.550 e. The number of carbonyl (C=O) groups excluding carboxylic acids is 3. The van der Waals surface area contributed by atoms with Gasteiger partial charge in [0.2, 0.25) is 0 Å². The van der Waals surface area contributed by atoms with Crippen molar-refractivity contribution < 1.29 is 29.7 Å². The molecule has 0 spiro atoms. The molecular weight excluding hydrogens is 591 g/mol. The van der Waals surface area contributed by atoms with E-state index < -0.39 is 17.9 Å². The van der Waals surface area contributed by atoms with Gasteiger partial charge in [-0.2, -0.15) is 0 Å². The maximum Gasteiger partial charge on any atom is 3.00 e. The van der Waals surface area contributed by atoms with E-state index in [9.17, 15) is 29.7 Å². The molecule has 0 amide bonds. The molecule has 0 bridgehead atoms. The van der Waals surface area contributed by atoms with Crippen molar-refractivity contribution >= 4 is 35.3 Å². The van der Waals surface area contributed by atoms with Crippen molar-refractivity contribution in [2.45, 2.75) is 99.3 Å². The zero-order valence-electron chi connectivity index (χ0n) is 28.6. The number of aliphatic carboxylic acids is 3. The van der Waals surface area contributed by atoms with Gasteiger partial charge in [0.1, 0.15) is 0 Å². The van der Waals surface area contributed by atoms with Gasteiger partial charge >= 0.3 is 17.4 Å². The number of rotatable bonds is 15. The van der Waals surface area contributed by atoms with Crippen LogP contribution in [0.5, 0.6) is 0 Å². The van der Waals surface area contributed by atoms with Crippen molar-refractivity contribution in [3.8, 4) is 0 Å². The van der Waals surface area contributed by atoms with Gasteiger partial charge in [0.15, 0.2) is 0 Å². The number of benzene rings is 3. The molecule has 3 aromatic rings. The van der Waals surface area contributed by atoms with Crippen molar-refractivity contribution in [1.29, 1.82) is 0 Å². The fourth-order valence-corrected chi connectivity index (χ4v) is 4.68. The molecule has 0 aliphatic carbocycles. The number of hydrogen-bond acceptors (Lipinski definition) is 6. The standard InChI is InChI=1S/3C13H18O2.Al/c3*1-10(2)9-12-5-3-11(4-6-12)7-8-13(14)15;/h3*3-6,10H,7-9H2,1-2H3,(H,14,15);/q;;;+3/p-3. The van der Waals surface area contributed by atoms with Crippen LogP contribution in [0.15, 0.2) is 72.8 Å². The van der Waals surface area contributed by atoms with Crippen LogP contribution in [0.2, 0.25) is 0 Å². The zero-order chi connectivity index (χ0) is 33.8. The van der Waals surface area contributed by atoms with Gasteiger partial charge in [-0.1, -0.05) is 114 Å². The van der Waals surface area contributed by atoms with Crippen LogP contribution in [-0.2, 0) is 52.9 Å². The van der Waals surface area contributed by atoms with E-state index in [0.29, 0.717) is 37.0 Å². The van der Waals surface area contributed by atoms with Gasteiger partial charge in [-0.25, -0.2) is 0 Å². The maximum atomic E-state index is 10.3. The van der Waals surface area contributed by atoms with Gasteiger partial charge in [-0.3, -0.25) is 0 Å². The van der Waals surface area contributed by atoms with Gasteiger partial charge < -0.3 is 29.7 Å². The first-order valence-corrected chi connectivity index (χ1v) is 16.1. The van der Waals surface area contributed by atoms with Crippen LogP contribution in [0.1, 0.15) is 94.2 Å². The Morgan fingerprint density at radius 1 is 0.413 bits per heavy atom. The third-order valence-electron chi connectivity index (χ3n) is 6.85. The average molecular weight is 643 g/mol. The number of carbonyl (C=O) groups is 3. The van der Waals surface area contributed by atoms with Gasteiger partial charge in [-0.05, 0) is 109 Å². The zero-order valence-corrected chi connectivity index (χ0v) is 29.7. The first-order chi connectivity index (χ1) is 21.2. The summed E-state index contributed by atoms with van der Waals surface area (Å²) in [5.74, 6) is -0.999. The quantitative estimate of drug-likeness (QED) is 0.228. The Kier molecular flexibility index (Phi) is 22.1. The summed E-state index contributed by atoms with van der Waals surface area (Å²) in [5.41, 5.74) is 7.11. The first-order valence-electron chi connectivity index (χ1n) is 16.1. The molecule has 46 heavy (non-hydrogen) atoms. The van der Waals surface area contributed by atoms with Gasteiger partial charge in [0.25, 0.3) is 0 Å². The van der Waals surface area contributed by atoms with E-state index in [1.807, 2.05) is 36.4 Å². The molecule has 0 N–H and O–H groups in total. The van der Waals surface area contributed by atoms with Crippen molar-refractivity contribution in [2.75, 3.05) is 0 Å². The normalized spacial score (nSPS) is 10.4. The second kappa shape index (κ2) is 23.9. The molecular formula is C39H51AlO6. The summed E-state index contributed by atoms with van der Waals surface area (Å²) in [4.78, 5) is 30.8. The third kappa shape index (κ3) is 22.2. The molecule has 0 aromatic heterocycles. The van der Waals surface area contributed by atoms with Gasteiger partial charge in [0.05, 0.1) is 0 Å². The van der Waals surface area contributed by atoms with E-state index >= 15 is 0 Å². The largest absolute Gasteiger partial charge is 3.00 e. The predicted octanol–water partition coefficient (Wildman–Crippen LogP) is 4.32. The third-order valence-corrected chi connectivity index (χ3v) is 6.85. The van der Waals surface area contributed by atoms with Crippen LogP contribution in [0, 0.1) is 17.8 Å². The van der Waals surface area contributed by atoms with Crippen LogP contribution < -0.4 is 15.3 Å². The number of hydrogen-bond donors (Lipinski definition) is 0. The van der Waals surface area contributed by atoms with E-state index in [2.05, 4.69) is 77.9 Å². The minimum absolute atomic E-state index is 0. The Morgan fingerprint density at radius 3 is 0.739 bits per heavy atom. The number of carboxylic acids is 3. The van der Waals surface area contributed by atoms with Crippen molar-refractivity contribution in [1.82, 2.24) is 0 Å². The molecule has 0 fully saturated rings. The summed E-state index contributed by atoms with van der Waals surface area (Å²) in [7, 11) is 0. The second-order valence-corrected chi connectivity index (χ2v) is 12.9. The maximum absolute atomic E-state index is 10.3. The summed E-state index contributed by atoms with van der Waals surface area (Å²) in [6.45, 7) is 13.1. The molecule has 0 aliphatic rings. The second-order valence-electron chi connectivity index (χ2n) is 12.9. The van der Waals surface area contributed by atoms with Crippen molar-refractivity contribution in [3.05, 3.63) is 106 Å². The van der Waals surface area contributed by atoms with E-state index in [1.54, 1.807) is 0 Å². The molecule has 3 rings (SSSR count). The van der Waals surface area contributed by atoms with Crippen LogP contribution in [0.4, 0.5) is 0 Å². The SMILES string of the molecule is CC(C)Cc1ccc(CCC(=O)[O-])cc1.CC(C)Cc1ccc(CCC(=O)[O-])cc1.CC(C)Cc1ccc(CCC(=O)[O-])cc1.[Al+3]. The van der Waals surface area contributed by atoms with Crippen LogP contribution >= 0.6 is 0 Å². The Bertz CT molecular complexity index is 1100. The van der Waals surface area contributed by atoms with Crippen LogP contribution in [0.3, 0.4) is 0 Å². The Hall–Kier alpha value is -3.40. The summed E-state index contributed by atoms with van der Waals surface area (Å²) in [6.07, 6.45) is 5.19. The molecule has 0 heterocycles. The van der Waals surface area contributed by atoms with Gasteiger partial charge in [-0.15, -0.1) is 0 Å². The topological polar surface area (TPSA) is 120 Å². The minimum atomic E-state index is -0.985. The molecule has 0 saturated heterocycles. The summed E-state index contributed by atoms with van der Waals surface area (Å²) in [5, 5.41) is 30.8. The number of carboxylic acid groups (broad SMARTS) is 3. The summed E-state index contributed by atoms with van der Waals surface area (Å²) >= 11 is 0. The van der Waals surface area contributed by atoms with Crippen LogP contribution in [0.25, 0.3) is 0 Å². The molecule has 7 heteroatoms. The van der Waals surface area contributed by atoms with E-state index in [0.717, 1.165) is 36.0 Å². The molecule has 0 aliphatic heterocycles. The average Bonchev–Trinajstić information content (AvgIpc) is 2.96. The summed E-state index contributed by atoms with van der Waals surface area (Å²) < 4.78 is 0. The Labute approximate surface area is 287 Å². The Balaban J connectivity index is 0.000000653. The van der Waals surface area contributed by atoms with Gasteiger partial charge in [0, 0.05) is 17.9 Å². The van der Waals surface area contributed by atoms with Crippen molar-refractivity contribution in [3.63, 3.8) is 0 Å². The smallest absolute Gasteiger partial charge is 0.550 e. The fourth-order valence-electron chi connectivity index (χ4n) is 4.68. The monoisotopic (exact) mass is 642 g/mol. The molecule has 6 nitrogen and oxygen atoms in total. The molecule has 0 unspecified atom stereocenters. The molecule has 246 valence electrons. The molecule has 0 saturated carbocycles. The van der Waals surface area contributed by atoms with Crippen LogP contribution in [-0.4, -0.2) is 35.3 Å². The molecule has 3 aromatic carbocycles. The van der Waals surface area contributed by atoms with E-state index in [-0.39, 0.29) is 36.6 Å². The molecule has 0 atom stereocenters. The first kappa shape index (κ1) is 42.6. The Morgan fingerprint density at radius 2 is 0.587 bits per heavy atom. The summed E-state index contributed by atoms with van der Waals surface area (Å²) in [6, 6.07) is 24.4.